The minimum Gasteiger partial charge on any atom is -0.507 e. The number of benzene rings is 3. The summed E-state index contributed by atoms with van der Waals surface area (Å²) in [6.07, 6.45) is 0.457. The second-order valence-corrected chi connectivity index (χ2v) is 9.54. The van der Waals surface area contributed by atoms with Crippen molar-refractivity contribution in [2.45, 2.75) is 45.4 Å². The van der Waals surface area contributed by atoms with Crippen molar-refractivity contribution in [2.75, 3.05) is 4.90 Å². The van der Waals surface area contributed by atoms with Gasteiger partial charge in [0.1, 0.15) is 17.6 Å². The highest BCUT2D eigenvalue weighted by Gasteiger charge is 2.47. The number of esters is 1. The third-order valence-electron chi connectivity index (χ3n) is 6.45. The Morgan fingerprint density at radius 3 is 2.35 bits per heavy atom. The number of hydrogen-bond acceptors (Lipinski definition) is 6. The molecule has 0 saturated carbocycles. The number of carbonyl (C=O) groups is 3. The Balaban J connectivity index is 1.59. The summed E-state index contributed by atoms with van der Waals surface area (Å²) < 4.78 is 11.0. The maximum absolute atomic E-state index is 13.4. The van der Waals surface area contributed by atoms with E-state index in [9.17, 15) is 19.5 Å². The van der Waals surface area contributed by atoms with Crippen LogP contribution in [-0.2, 0) is 20.7 Å². The van der Waals surface area contributed by atoms with Crippen molar-refractivity contribution in [1.82, 2.24) is 0 Å². The first-order valence-electron chi connectivity index (χ1n) is 12.2. The summed E-state index contributed by atoms with van der Waals surface area (Å²) in [7, 11) is 0. The average molecular weight is 498 g/mol. The molecule has 0 aliphatic carbocycles. The van der Waals surface area contributed by atoms with Gasteiger partial charge < -0.3 is 14.6 Å². The summed E-state index contributed by atoms with van der Waals surface area (Å²) in [5.74, 6) is -1.50. The smallest absolute Gasteiger partial charge is 0.338 e. The van der Waals surface area contributed by atoms with E-state index >= 15 is 0 Å². The van der Waals surface area contributed by atoms with Gasteiger partial charge in [0.25, 0.3) is 11.7 Å². The van der Waals surface area contributed by atoms with E-state index in [-0.39, 0.29) is 23.5 Å². The zero-order chi connectivity index (χ0) is 26.3. The molecule has 2 aliphatic rings. The van der Waals surface area contributed by atoms with Crippen LogP contribution in [0.1, 0.15) is 53.9 Å². The van der Waals surface area contributed by atoms with Crippen LogP contribution in [-0.4, -0.2) is 35.0 Å². The van der Waals surface area contributed by atoms with Crippen LogP contribution >= 0.6 is 0 Å². The Morgan fingerprint density at radius 2 is 1.68 bits per heavy atom. The Labute approximate surface area is 214 Å². The monoisotopic (exact) mass is 497 g/mol. The van der Waals surface area contributed by atoms with Crippen LogP contribution in [0.15, 0.2) is 78.4 Å². The standard InChI is InChI=1S/C30H27NO6/c1-17(2)36-30(35)20-9-12-23(13-10-20)31-26(19-7-5-4-6-8-19)25(28(33)29(31)34)27(32)21-11-14-24-22(16-21)15-18(3)37-24/h4-14,16-18,26,32H,15H2,1-3H3/b27-25-. The van der Waals surface area contributed by atoms with Gasteiger partial charge in [0, 0.05) is 17.7 Å². The molecule has 1 fully saturated rings. The van der Waals surface area contributed by atoms with Crippen LogP contribution in [0.2, 0.25) is 0 Å². The number of hydrogen-bond donors (Lipinski definition) is 1. The van der Waals surface area contributed by atoms with Gasteiger partial charge in [0.05, 0.1) is 23.3 Å². The quantitative estimate of drug-likeness (QED) is 0.225. The molecule has 2 aliphatic heterocycles. The number of carbonyl (C=O) groups excluding carboxylic acids is 3. The molecule has 188 valence electrons. The summed E-state index contributed by atoms with van der Waals surface area (Å²) in [5.41, 5.74) is 2.82. The van der Waals surface area contributed by atoms with E-state index in [1.807, 2.05) is 37.3 Å². The van der Waals surface area contributed by atoms with Gasteiger partial charge in [-0.05, 0) is 74.4 Å². The lowest BCUT2D eigenvalue weighted by Crippen LogP contribution is -2.29. The van der Waals surface area contributed by atoms with Crippen molar-refractivity contribution in [1.29, 1.82) is 0 Å². The molecule has 37 heavy (non-hydrogen) atoms. The molecule has 3 aromatic rings. The molecular formula is C30H27NO6. The molecule has 0 aromatic heterocycles. The molecule has 0 spiro atoms. The molecule has 1 amide bonds. The Bertz CT molecular complexity index is 1410. The molecule has 0 bridgehead atoms. The van der Waals surface area contributed by atoms with Crippen molar-refractivity contribution in [2.24, 2.45) is 0 Å². The van der Waals surface area contributed by atoms with Crippen molar-refractivity contribution in [3.05, 3.63) is 101 Å². The first-order chi connectivity index (χ1) is 17.7. The first kappa shape index (κ1) is 24.3. The van der Waals surface area contributed by atoms with E-state index in [4.69, 9.17) is 9.47 Å². The van der Waals surface area contributed by atoms with Crippen LogP contribution in [0.3, 0.4) is 0 Å². The fourth-order valence-corrected chi connectivity index (χ4v) is 4.81. The third kappa shape index (κ3) is 4.48. The largest absolute Gasteiger partial charge is 0.507 e. The summed E-state index contributed by atoms with van der Waals surface area (Å²) >= 11 is 0. The molecule has 3 aromatic carbocycles. The number of anilines is 1. The number of nitrogens with zero attached hydrogens (tertiary/aromatic N) is 1. The normalized spacial score (nSPS) is 20.2. The van der Waals surface area contributed by atoms with Gasteiger partial charge in [-0.25, -0.2) is 4.79 Å². The van der Waals surface area contributed by atoms with Gasteiger partial charge in [-0.15, -0.1) is 0 Å². The molecule has 5 rings (SSSR count). The highest BCUT2D eigenvalue weighted by atomic mass is 16.5. The SMILES string of the molecule is CC(C)OC(=O)c1ccc(N2C(=O)C(=O)/C(=C(\O)c3ccc4c(c3)CC(C)O4)C2c2ccccc2)cc1. The highest BCUT2D eigenvalue weighted by molar-refractivity contribution is 6.51. The Hall–Kier alpha value is -4.39. The predicted molar refractivity (Wildman–Crippen MR) is 138 cm³/mol. The number of ether oxygens (including phenoxy) is 2. The lowest BCUT2D eigenvalue weighted by atomic mass is 9.94. The van der Waals surface area contributed by atoms with E-state index < -0.39 is 23.7 Å². The van der Waals surface area contributed by atoms with Crippen molar-refractivity contribution in [3.63, 3.8) is 0 Å². The van der Waals surface area contributed by atoms with Crippen molar-refractivity contribution >= 4 is 29.1 Å². The molecule has 7 nitrogen and oxygen atoms in total. The van der Waals surface area contributed by atoms with E-state index in [2.05, 4.69) is 0 Å². The van der Waals surface area contributed by atoms with E-state index in [0.29, 0.717) is 28.8 Å². The summed E-state index contributed by atoms with van der Waals surface area (Å²) in [4.78, 5) is 40.4. The lowest BCUT2D eigenvalue weighted by molar-refractivity contribution is -0.132. The molecule has 7 heteroatoms. The van der Waals surface area contributed by atoms with Crippen LogP contribution in [0, 0.1) is 0 Å². The van der Waals surface area contributed by atoms with Gasteiger partial charge in [0.2, 0.25) is 0 Å². The number of amides is 1. The molecular weight excluding hydrogens is 470 g/mol. The minimum absolute atomic E-state index is 0.00593. The summed E-state index contributed by atoms with van der Waals surface area (Å²) in [5, 5.41) is 11.4. The second kappa shape index (κ2) is 9.58. The predicted octanol–water partition coefficient (Wildman–Crippen LogP) is 5.20. The van der Waals surface area contributed by atoms with Crippen LogP contribution < -0.4 is 9.64 Å². The maximum Gasteiger partial charge on any atom is 0.338 e. The van der Waals surface area contributed by atoms with E-state index in [0.717, 1.165) is 11.3 Å². The van der Waals surface area contributed by atoms with Crippen LogP contribution in [0.5, 0.6) is 5.75 Å². The van der Waals surface area contributed by atoms with E-state index in [1.54, 1.807) is 56.3 Å². The highest BCUT2D eigenvalue weighted by Crippen LogP contribution is 2.43. The lowest BCUT2D eigenvalue weighted by Gasteiger charge is -2.25. The van der Waals surface area contributed by atoms with Crippen LogP contribution in [0.4, 0.5) is 5.69 Å². The number of fused-ring (bicyclic) bond motifs is 1. The maximum atomic E-state index is 13.4. The number of aliphatic hydroxyl groups excluding tert-OH is 1. The molecule has 0 radical (unpaired) electrons. The van der Waals surface area contributed by atoms with Gasteiger partial charge in [-0.2, -0.15) is 0 Å². The zero-order valence-corrected chi connectivity index (χ0v) is 20.8. The molecule has 1 N–H and O–H groups in total. The second-order valence-electron chi connectivity index (χ2n) is 9.54. The molecule has 2 heterocycles. The molecule has 2 unspecified atom stereocenters. The zero-order valence-electron chi connectivity index (χ0n) is 20.8. The molecule has 2 atom stereocenters. The fourth-order valence-electron chi connectivity index (χ4n) is 4.81. The van der Waals surface area contributed by atoms with Gasteiger partial charge in [0.15, 0.2) is 0 Å². The van der Waals surface area contributed by atoms with Crippen molar-refractivity contribution in [3.8, 4) is 5.75 Å². The topological polar surface area (TPSA) is 93.1 Å². The van der Waals surface area contributed by atoms with Crippen LogP contribution in [0.25, 0.3) is 5.76 Å². The average Bonchev–Trinajstić information content (AvgIpc) is 3.39. The first-order valence-corrected chi connectivity index (χ1v) is 12.2. The summed E-state index contributed by atoms with van der Waals surface area (Å²) in [6.45, 7) is 5.49. The van der Waals surface area contributed by atoms with Gasteiger partial charge in [-0.3, -0.25) is 14.5 Å². The Kier molecular flexibility index (Phi) is 6.29. The molecule has 1 saturated heterocycles. The minimum atomic E-state index is -0.849. The van der Waals surface area contributed by atoms with Gasteiger partial charge in [-0.1, -0.05) is 30.3 Å². The number of Topliss-reactive ketones (excluding diaryl/α,β-unsaturated/α-hetero) is 1. The third-order valence-corrected chi connectivity index (χ3v) is 6.45. The summed E-state index contributed by atoms with van der Waals surface area (Å²) in [6, 6.07) is 19.8. The van der Waals surface area contributed by atoms with Crippen molar-refractivity contribution < 1.29 is 29.0 Å². The number of rotatable bonds is 5. The van der Waals surface area contributed by atoms with E-state index in [1.165, 1.54) is 4.90 Å². The Morgan fingerprint density at radius 1 is 1.00 bits per heavy atom. The number of aliphatic hydroxyl groups is 1. The number of ketones is 1. The van der Waals surface area contributed by atoms with Gasteiger partial charge >= 0.3 is 5.97 Å². The fraction of sp³-hybridized carbons (Fsp3) is 0.233.